The quantitative estimate of drug-likeness (QED) is 0.564. The van der Waals surface area contributed by atoms with Crippen LogP contribution in [-0.2, 0) is 4.74 Å². The highest BCUT2D eigenvalue weighted by Crippen LogP contribution is 2.30. The molecule has 1 saturated carbocycles. The van der Waals surface area contributed by atoms with E-state index in [0.29, 0.717) is 60.8 Å². The molecule has 0 bridgehead atoms. The molecule has 0 unspecified atom stereocenters. The molecule has 1 aliphatic carbocycles. The Balaban J connectivity index is 1.54. The first-order valence-corrected chi connectivity index (χ1v) is 12.0. The first-order chi connectivity index (χ1) is 16.5. The van der Waals surface area contributed by atoms with Gasteiger partial charge in [-0.1, -0.05) is 6.07 Å². The molecule has 8 nitrogen and oxygen atoms in total. The van der Waals surface area contributed by atoms with Gasteiger partial charge in [0.25, 0.3) is 6.43 Å². The second-order valence-corrected chi connectivity index (χ2v) is 9.27. The van der Waals surface area contributed by atoms with Crippen LogP contribution in [0.15, 0.2) is 24.3 Å². The molecular formula is C24H31F2N7O. The molecule has 2 aromatic heterocycles. The number of halogens is 2. The fourth-order valence-electron chi connectivity index (χ4n) is 4.79. The van der Waals surface area contributed by atoms with E-state index in [4.69, 9.17) is 15.5 Å². The number of nitrogens with one attached hydrogen (secondary N) is 1. The zero-order valence-corrected chi connectivity index (χ0v) is 19.4. The third kappa shape index (κ3) is 4.83. The standard InChI is InChI=1S/C24H31F2N7O/c1-15-2-7-18-19(12-15)33(23(29-18)22(25)26)21-13-20(32-8-10-34-11-9-32)30-24(31-21)28-14-16-3-5-17(27)6-4-16/h2,7,12-13,16-17,22H,3-6,8-11,14,27H2,1H3,(H,28,30,31). The van der Waals surface area contributed by atoms with Gasteiger partial charge in [0.05, 0.1) is 24.2 Å². The van der Waals surface area contributed by atoms with Gasteiger partial charge in [-0.25, -0.2) is 13.8 Å². The van der Waals surface area contributed by atoms with E-state index in [0.717, 1.165) is 37.8 Å². The lowest BCUT2D eigenvalue weighted by Crippen LogP contribution is -2.37. The summed E-state index contributed by atoms with van der Waals surface area (Å²) in [5.41, 5.74) is 8.13. The van der Waals surface area contributed by atoms with E-state index in [1.807, 2.05) is 19.1 Å². The van der Waals surface area contributed by atoms with Crippen molar-refractivity contribution in [3.05, 3.63) is 35.7 Å². The molecule has 0 radical (unpaired) electrons. The molecule has 1 saturated heterocycles. The van der Waals surface area contributed by atoms with Gasteiger partial charge in [0.15, 0.2) is 5.82 Å². The molecule has 34 heavy (non-hydrogen) atoms. The van der Waals surface area contributed by atoms with Gasteiger partial charge in [-0.15, -0.1) is 0 Å². The molecule has 3 N–H and O–H groups in total. The molecule has 0 amide bonds. The fraction of sp³-hybridized carbons (Fsp3) is 0.542. The maximum Gasteiger partial charge on any atom is 0.296 e. The third-order valence-electron chi connectivity index (χ3n) is 6.73. The maximum atomic E-state index is 14.1. The number of hydrogen-bond donors (Lipinski definition) is 2. The Morgan fingerprint density at radius 2 is 1.79 bits per heavy atom. The molecule has 2 fully saturated rings. The zero-order valence-electron chi connectivity index (χ0n) is 19.4. The van der Waals surface area contributed by atoms with E-state index in [1.54, 1.807) is 12.1 Å². The first-order valence-electron chi connectivity index (χ1n) is 12.0. The van der Waals surface area contributed by atoms with Crippen molar-refractivity contribution < 1.29 is 13.5 Å². The summed E-state index contributed by atoms with van der Waals surface area (Å²) >= 11 is 0. The molecule has 182 valence electrons. The minimum Gasteiger partial charge on any atom is -0.378 e. The van der Waals surface area contributed by atoms with E-state index in [-0.39, 0.29) is 11.9 Å². The van der Waals surface area contributed by atoms with E-state index in [9.17, 15) is 8.78 Å². The van der Waals surface area contributed by atoms with Crippen molar-refractivity contribution in [2.75, 3.05) is 43.1 Å². The summed E-state index contributed by atoms with van der Waals surface area (Å²) in [7, 11) is 0. The van der Waals surface area contributed by atoms with Gasteiger partial charge in [0.1, 0.15) is 11.6 Å². The van der Waals surface area contributed by atoms with E-state index in [1.165, 1.54) is 4.57 Å². The van der Waals surface area contributed by atoms with Crippen LogP contribution in [0, 0.1) is 12.8 Å². The Kier molecular flexibility index (Phi) is 6.60. The average molecular weight is 472 g/mol. The monoisotopic (exact) mass is 471 g/mol. The summed E-state index contributed by atoms with van der Waals surface area (Å²) in [6, 6.07) is 7.56. The average Bonchev–Trinajstić information content (AvgIpc) is 3.23. The van der Waals surface area contributed by atoms with E-state index in [2.05, 4.69) is 20.2 Å². The van der Waals surface area contributed by atoms with Crippen LogP contribution >= 0.6 is 0 Å². The molecule has 1 aliphatic heterocycles. The largest absolute Gasteiger partial charge is 0.378 e. The summed E-state index contributed by atoms with van der Waals surface area (Å²) in [4.78, 5) is 15.7. The molecule has 0 atom stereocenters. The third-order valence-corrected chi connectivity index (χ3v) is 6.73. The van der Waals surface area contributed by atoms with Crippen molar-refractivity contribution in [1.82, 2.24) is 19.5 Å². The van der Waals surface area contributed by atoms with Gasteiger partial charge in [0, 0.05) is 31.7 Å². The van der Waals surface area contributed by atoms with Gasteiger partial charge in [-0.2, -0.15) is 9.97 Å². The zero-order chi connectivity index (χ0) is 23.7. The summed E-state index contributed by atoms with van der Waals surface area (Å²) in [6.45, 7) is 5.22. The van der Waals surface area contributed by atoms with Crippen LogP contribution in [-0.4, -0.2) is 58.4 Å². The Bertz CT molecular complexity index is 1140. The second-order valence-electron chi connectivity index (χ2n) is 9.27. The number of morpholine rings is 1. The smallest absolute Gasteiger partial charge is 0.296 e. The first kappa shape index (κ1) is 22.9. The number of fused-ring (bicyclic) bond motifs is 1. The highest BCUT2D eigenvalue weighted by atomic mass is 19.3. The number of nitrogens with zero attached hydrogens (tertiary/aromatic N) is 5. The summed E-state index contributed by atoms with van der Waals surface area (Å²) < 4.78 is 35.0. The number of benzene rings is 1. The molecule has 3 heterocycles. The van der Waals surface area contributed by atoms with Crippen molar-refractivity contribution in [2.24, 2.45) is 11.7 Å². The van der Waals surface area contributed by atoms with Crippen molar-refractivity contribution >= 4 is 22.8 Å². The van der Waals surface area contributed by atoms with Crippen molar-refractivity contribution in [1.29, 1.82) is 0 Å². The number of ether oxygens (including phenoxy) is 1. The molecule has 5 rings (SSSR count). The van der Waals surface area contributed by atoms with Gasteiger partial charge >= 0.3 is 0 Å². The maximum absolute atomic E-state index is 14.1. The van der Waals surface area contributed by atoms with Crippen LogP contribution < -0.4 is 16.0 Å². The minimum absolute atomic E-state index is 0.287. The summed E-state index contributed by atoms with van der Waals surface area (Å²) in [6.07, 6.45) is 1.42. The fourth-order valence-corrected chi connectivity index (χ4v) is 4.79. The van der Waals surface area contributed by atoms with E-state index >= 15 is 0 Å². The number of anilines is 2. The summed E-state index contributed by atoms with van der Waals surface area (Å²) in [5, 5.41) is 3.38. The number of hydrogen-bond acceptors (Lipinski definition) is 7. The molecule has 10 heteroatoms. The number of aryl methyl sites for hydroxylation is 1. The van der Waals surface area contributed by atoms with Gasteiger partial charge in [0.2, 0.25) is 5.95 Å². The SMILES string of the molecule is Cc1ccc2nc(C(F)F)n(-c3cc(N4CCOCC4)nc(NCC4CCC(N)CC4)n3)c2c1. The molecule has 0 spiro atoms. The normalized spacial score (nSPS) is 21.4. The van der Waals surface area contributed by atoms with Crippen LogP contribution in [0.5, 0.6) is 0 Å². The number of rotatable bonds is 6. The molecule has 1 aromatic carbocycles. The van der Waals surface area contributed by atoms with Gasteiger partial charge < -0.3 is 20.7 Å². The van der Waals surface area contributed by atoms with E-state index < -0.39 is 6.43 Å². The van der Waals surface area contributed by atoms with Crippen molar-refractivity contribution in [3.8, 4) is 5.82 Å². The number of nitrogens with two attached hydrogens (primary N) is 1. The molecule has 3 aromatic rings. The highest BCUT2D eigenvalue weighted by Gasteiger charge is 2.24. The van der Waals surface area contributed by atoms with Crippen LogP contribution in [0.1, 0.15) is 43.5 Å². The summed E-state index contributed by atoms with van der Waals surface area (Å²) in [5.74, 6) is 1.68. The lowest BCUT2D eigenvalue weighted by Gasteiger charge is -2.29. The Labute approximate surface area is 197 Å². The predicted molar refractivity (Wildman–Crippen MR) is 128 cm³/mol. The molecular weight excluding hydrogens is 440 g/mol. The van der Waals surface area contributed by atoms with Gasteiger partial charge in [-0.05, 0) is 56.2 Å². The predicted octanol–water partition coefficient (Wildman–Crippen LogP) is 3.83. The van der Waals surface area contributed by atoms with Crippen molar-refractivity contribution in [2.45, 2.75) is 45.1 Å². The van der Waals surface area contributed by atoms with Crippen LogP contribution in [0.2, 0.25) is 0 Å². The van der Waals surface area contributed by atoms with Crippen LogP contribution in [0.25, 0.3) is 16.9 Å². The second kappa shape index (κ2) is 9.79. The Morgan fingerprint density at radius 3 is 2.53 bits per heavy atom. The number of imidazole rings is 1. The Hall–Kier alpha value is -2.85. The number of aromatic nitrogens is 4. The van der Waals surface area contributed by atoms with Gasteiger partial charge in [-0.3, -0.25) is 4.57 Å². The Morgan fingerprint density at radius 1 is 1.06 bits per heavy atom. The highest BCUT2D eigenvalue weighted by molar-refractivity contribution is 5.79. The minimum atomic E-state index is -2.74. The van der Waals surface area contributed by atoms with Crippen LogP contribution in [0.3, 0.4) is 0 Å². The van der Waals surface area contributed by atoms with Crippen LogP contribution in [0.4, 0.5) is 20.5 Å². The van der Waals surface area contributed by atoms with Crippen molar-refractivity contribution in [3.63, 3.8) is 0 Å². The topological polar surface area (TPSA) is 94.1 Å². The lowest BCUT2D eigenvalue weighted by molar-refractivity contribution is 0.122. The lowest BCUT2D eigenvalue weighted by atomic mass is 9.86. The molecule has 2 aliphatic rings. The number of alkyl halides is 2.